The first-order valence-corrected chi connectivity index (χ1v) is 8.56. The van der Waals surface area contributed by atoms with E-state index in [-0.39, 0.29) is 23.8 Å². The fourth-order valence-electron chi connectivity index (χ4n) is 2.77. The standard InChI is InChI=1S/C15H21N3O3S/c1-9(2)14(20)18-6-5-10-12(8-18)22-15(16-10)17-13(19)11-4-3-7-21-11/h9,11H,3-8H2,1-2H3,(H,16,17,19). The van der Waals surface area contributed by atoms with Crippen molar-refractivity contribution in [1.82, 2.24) is 9.88 Å². The SMILES string of the molecule is CC(C)C(=O)N1CCc2nc(NC(=O)C3CCCO3)sc2C1. The Morgan fingerprint density at radius 1 is 1.45 bits per heavy atom. The van der Waals surface area contributed by atoms with E-state index in [0.29, 0.717) is 24.8 Å². The maximum Gasteiger partial charge on any atom is 0.255 e. The number of aromatic nitrogens is 1. The average Bonchev–Trinajstić information content (AvgIpc) is 3.14. The summed E-state index contributed by atoms with van der Waals surface area (Å²) in [6.45, 7) is 5.78. The first kappa shape index (κ1) is 15.4. The summed E-state index contributed by atoms with van der Waals surface area (Å²) in [5, 5.41) is 3.46. The van der Waals surface area contributed by atoms with Crippen LogP contribution in [0.4, 0.5) is 5.13 Å². The molecule has 1 aromatic heterocycles. The van der Waals surface area contributed by atoms with Crippen molar-refractivity contribution < 1.29 is 14.3 Å². The lowest BCUT2D eigenvalue weighted by Crippen LogP contribution is -2.37. The highest BCUT2D eigenvalue weighted by molar-refractivity contribution is 7.15. The van der Waals surface area contributed by atoms with Crippen LogP contribution >= 0.6 is 11.3 Å². The molecule has 1 fully saturated rings. The van der Waals surface area contributed by atoms with Crippen LogP contribution in [0, 0.1) is 5.92 Å². The second kappa shape index (κ2) is 6.34. The van der Waals surface area contributed by atoms with Gasteiger partial charge in [-0.1, -0.05) is 25.2 Å². The Labute approximate surface area is 133 Å². The van der Waals surface area contributed by atoms with Gasteiger partial charge in [-0.2, -0.15) is 0 Å². The summed E-state index contributed by atoms with van der Waals surface area (Å²) in [6, 6.07) is 0. The maximum atomic E-state index is 12.1. The summed E-state index contributed by atoms with van der Waals surface area (Å²) < 4.78 is 5.38. The van der Waals surface area contributed by atoms with Gasteiger partial charge in [0.15, 0.2) is 5.13 Å². The number of thiazole rings is 1. The number of anilines is 1. The van der Waals surface area contributed by atoms with Gasteiger partial charge in [0.05, 0.1) is 12.2 Å². The van der Waals surface area contributed by atoms with Crippen molar-refractivity contribution in [3.8, 4) is 0 Å². The quantitative estimate of drug-likeness (QED) is 0.921. The number of hydrogen-bond acceptors (Lipinski definition) is 5. The minimum atomic E-state index is -0.347. The molecule has 7 heteroatoms. The number of amides is 2. The third-order valence-corrected chi connectivity index (χ3v) is 4.99. The molecule has 1 N–H and O–H groups in total. The zero-order valence-corrected chi connectivity index (χ0v) is 13.7. The Morgan fingerprint density at radius 2 is 2.27 bits per heavy atom. The molecule has 1 aromatic rings. The Hall–Kier alpha value is -1.47. The lowest BCUT2D eigenvalue weighted by Gasteiger charge is -2.27. The smallest absolute Gasteiger partial charge is 0.255 e. The molecular weight excluding hydrogens is 302 g/mol. The van der Waals surface area contributed by atoms with Crippen LogP contribution < -0.4 is 5.32 Å². The van der Waals surface area contributed by atoms with Crippen molar-refractivity contribution in [2.45, 2.75) is 45.8 Å². The van der Waals surface area contributed by atoms with E-state index in [1.165, 1.54) is 11.3 Å². The Balaban J connectivity index is 1.65. The largest absolute Gasteiger partial charge is 0.368 e. The van der Waals surface area contributed by atoms with Crippen LogP contribution in [0.2, 0.25) is 0 Å². The van der Waals surface area contributed by atoms with Crippen molar-refractivity contribution in [3.63, 3.8) is 0 Å². The molecule has 2 aliphatic heterocycles. The van der Waals surface area contributed by atoms with E-state index in [0.717, 1.165) is 29.8 Å². The van der Waals surface area contributed by atoms with Crippen molar-refractivity contribution in [2.75, 3.05) is 18.5 Å². The lowest BCUT2D eigenvalue weighted by atomic mass is 10.1. The van der Waals surface area contributed by atoms with E-state index in [9.17, 15) is 9.59 Å². The molecule has 0 bridgehead atoms. The number of nitrogens with one attached hydrogen (secondary N) is 1. The molecule has 2 aliphatic rings. The number of fused-ring (bicyclic) bond motifs is 1. The second-order valence-electron chi connectivity index (χ2n) is 6.04. The summed E-state index contributed by atoms with van der Waals surface area (Å²) in [5.74, 6) is 0.0656. The summed E-state index contributed by atoms with van der Waals surface area (Å²) in [5.41, 5.74) is 1.00. The predicted molar refractivity (Wildman–Crippen MR) is 83.7 cm³/mol. The molecule has 0 radical (unpaired) electrons. The third kappa shape index (κ3) is 3.15. The van der Waals surface area contributed by atoms with Gasteiger partial charge in [-0.05, 0) is 12.8 Å². The van der Waals surface area contributed by atoms with Gasteiger partial charge >= 0.3 is 0 Å². The van der Waals surface area contributed by atoms with Crippen LogP contribution in [0.5, 0.6) is 0 Å². The topological polar surface area (TPSA) is 71.5 Å². The van der Waals surface area contributed by atoms with Crippen molar-refractivity contribution in [1.29, 1.82) is 0 Å². The zero-order chi connectivity index (χ0) is 15.7. The summed E-state index contributed by atoms with van der Waals surface area (Å²) in [4.78, 5) is 31.6. The molecule has 3 heterocycles. The van der Waals surface area contributed by atoms with E-state index < -0.39 is 0 Å². The van der Waals surface area contributed by atoms with Gasteiger partial charge in [0, 0.05) is 30.4 Å². The number of carbonyl (C=O) groups is 2. The van der Waals surface area contributed by atoms with Crippen molar-refractivity contribution in [2.24, 2.45) is 5.92 Å². The highest BCUT2D eigenvalue weighted by Gasteiger charge is 2.28. The van der Waals surface area contributed by atoms with E-state index in [1.54, 1.807) is 0 Å². The van der Waals surface area contributed by atoms with Crippen LogP contribution in [-0.4, -0.2) is 41.0 Å². The number of carbonyl (C=O) groups excluding carboxylic acids is 2. The van der Waals surface area contributed by atoms with Crippen LogP contribution in [0.25, 0.3) is 0 Å². The Kier molecular flexibility index (Phi) is 4.44. The molecule has 120 valence electrons. The van der Waals surface area contributed by atoms with Gasteiger partial charge in [0.2, 0.25) is 5.91 Å². The van der Waals surface area contributed by atoms with Crippen LogP contribution in [0.15, 0.2) is 0 Å². The molecular formula is C15H21N3O3S. The summed E-state index contributed by atoms with van der Waals surface area (Å²) >= 11 is 1.46. The van der Waals surface area contributed by atoms with E-state index in [1.807, 2.05) is 18.7 Å². The van der Waals surface area contributed by atoms with Gasteiger partial charge in [-0.3, -0.25) is 14.9 Å². The van der Waals surface area contributed by atoms with E-state index >= 15 is 0 Å². The normalized spacial score (nSPS) is 21.0. The molecule has 1 saturated heterocycles. The zero-order valence-electron chi connectivity index (χ0n) is 12.9. The van der Waals surface area contributed by atoms with Gasteiger partial charge < -0.3 is 9.64 Å². The monoisotopic (exact) mass is 323 g/mol. The predicted octanol–water partition coefficient (Wildman–Crippen LogP) is 1.80. The molecule has 1 atom stereocenters. The molecule has 3 rings (SSSR count). The highest BCUT2D eigenvalue weighted by atomic mass is 32.1. The molecule has 6 nitrogen and oxygen atoms in total. The molecule has 0 aromatic carbocycles. The molecule has 0 spiro atoms. The first-order chi connectivity index (χ1) is 10.5. The highest BCUT2D eigenvalue weighted by Crippen LogP contribution is 2.29. The first-order valence-electron chi connectivity index (χ1n) is 7.74. The molecule has 2 amide bonds. The van der Waals surface area contributed by atoms with Gasteiger partial charge in [0.1, 0.15) is 6.10 Å². The fraction of sp³-hybridized carbons (Fsp3) is 0.667. The second-order valence-corrected chi connectivity index (χ2v) is 7.13. The van der Waals surface area contributed by atoms with Crippen LogP contribution in [0.1, 0.15) is 37.3 Å². The van der Waals surface area contributed by atoms with E-state index in [4.69, 9.17) is 4.74 Å². The Bertz CT molecular complexity index is 579. The van der Waals surface area contributed by atoms with Crippen LogP contribution in [-0.2, 0) is 27.3 Å². The Morgan fingerprint density at radius 3 is 2.95 bits per heavy atom. The lowest BCUT2D eigenvalue weighted by molar-refractivity contribution is -0.135. The third-order valence-electron chi connectivity index (χ3n) is 3.99. The van der Waals surface area contributed by atoms with Gasteiger partial charge in [0.25, 0.3) is 5.91 Å². The summed E-state index contributed by atoms with van der Waals surface area (Å²) in [7, 11) is 0. The molecule has 1 unspecified atom stereocenters. The number of ether oxygens (including phenoxy) is 1. The fourth-order valence-corrected chi connectivity index (χ4v) is 3.80. The summed E-state index contributed by atoms with van der Waals surface area (Å²) in [6.07, 6.45) is 2.10. The van der Waals surface area contributed by atoms with Gasteiger partial charge in [-0.15, -0.1) is 0 Å². The number of hydrogen-bond donors (Lipinski definition) is 1. The minimum Gasteiger partial charge on any atom is -0.368 e. The molecule has 0 aliphatic carbocycles. The molecule has 0 saturated carbocycles. The maximum absolute atomic E-state index is 12.1. The number of nitrogens with zero attached hydrogens (tertiary/aromatic N) is 2. The van der Waals surface area contributed by atoms with Gasteiger partial charge in [-0.25, -0.2) is 4.98 Å². The van der Waals surface area contributed by atoms with E-state index in [2.05, 4.69) is 10.3 Å². The number of rotatable bonds is 3. The molecule has 22 heavy (non-hydrogen) atoms. The van der Waals surface area contributed by atoms with Crippen molar-refractivity contribution >= 4 is 28.3 Å². The average molecular weight is 323 g/mol. The minimum absolute atomic E-state index is 0.00756. The van der Waals surface area contributed by atoms with Crippen molar-refractivity contribution in [3.05, 3.63) is 10.6 Å². The van der Waals surface area contributed by atoms with Crippen LogP contribution in [0.3, 0.4) is 0 Å².